The van der Waals surface area contributed by atoms with E-state index in [1.165, 1.54) is 23.8 Å². The van der Waals surface area contributed by atoms with Crippen LogP contribution in [0, 0.1) is 13.8 Å². The van der Waals surface area contributed by atoms with E-state index in [1.807, 2.05) is 19.9 Å². The smallest absolute Gasteiger partial charge is 0.214 e. The van der Waals surface area contributed by atoms with Gasteiger partial charge in [-0.2, -0.15) is 0 Å². The maximum Gasteiger partial charge on any atom is 0.214 e. The van der Waals surface area contributed by atoms with Crippen LogP contribution in [0.15, 0.2) is 40.1 Å². The van der Waals surface area contributed by atoms with E-state index in [9.17, 15) is 8.42 Å². The molecule has 7 nitrogen and oxygen atoms in total. The van der Waals surface area contributed by atoms with Gasteiger partial charge in [0.2, 0.25) is 9.84 Å². The molecule has 24 heavy (non-hydrogen) atoms. The van der Waals surface area contributed by atoms with Gasteiger partial charge in [-0.3, -0.25) is 0 Å². The summed E-state index contributed by atoms with van der Waals surface area (Å²) >= 11 is 0. The number of aromatic nitrogens is 3. The summed E-state index contributed by atoms with van der Waals surface area (Å²) in [5, 5.41) is 7.19. The van der Waals surface area contributed by atoms with Gasteiger partial charge in [0, 0.05) is 18.4 Å². The zero-order valence-electron chi connectivity index (χ0n) is 13.9. The Morgan fingerprint density at radius 1 is 1.17 bits per heavy atom. The largest absolute Gasteiger partial charge is 0.497 e. The van der Waals surface area contributed by atoms with Gasteiger partial charge in [-0.15, -0.1) is 5.10 Å². The molecule has 0 aliphatic carbocycles. The third-order valence-electron chi connectivity index (χ3n) is 3.73. The number of methoxy groups -OCH3 is 1. The maximum atomic E-state index is 13.1. The maximum absolute atomic E-state index is 13.1. The standard InChI is InChI=1S/C16H18N4O3S/c1-10-9-11(2)20-16(18-10)14(15(17-3)19-20)24(21,22)13-7-5-12(23-4)6-8-13/h5-9H,1-4H3,(H,17,19). The highest BCUT2D eigenvalue weighted by atomic mass is 32.2. The quantitative estimate of drug-likeness (QED) is 0.780. The highest BCUT2D eigenvalue weighted by molar-refractivity contribution is 7.91. The van der Waals surface area contributed by atoms with E-state index in [-0.39, 0.29) is 15.6 Å². The molecule has 1 aromatic carbocycles. The lowest BCUT2D eigenvalue weighted by Crippen LogP contribution is -2.06. The van der Waals surface area contributed by atoms with E-state index >= 15 is 0 Å². The zero-order chi connectivity index (χ0) is 17.5. The number of rotatable bonds is 4. The van der Waals surface area contributed by atoms with Gasteiger partial charge in [0.05, 0.1) is 12.0 Å². The van der Waals surface area contributed by atoms with Crippen LogP contribution in [0.3, 0.4) is 0 Å². The molecular weight excluding hydrogens is 328 g/mol. The van der Waals surface area contributed by atoms with Gasteiger partial charge in [0.15, 0.2) is 16.4 Å². The Bertz CT molecular complexity index is 1010. The van der Waals surface area contributed by atoms with Gasteiger partial charge in [0.1, 0.15) is 5.75 Å². The van der Waals surface area contributed by atoms with Crippen molar-refractivity contribution in [1.29, 1.82) is 0 Å². The second-order valence-corrected chi connectivity index (χ2v) is 7.27. The van der Waals surface area contributed by atoms with Gasteiger partial charge in [0.25, 0.3) is 0 Å². The molecule has 0 aliphatic rings. The van der Waals surface area contributed by atoms with E-state index in [1.54, 1.807) is 19.2 Å². The number of aryl methyl sites for hydroxylation is 2. The van der Waals surface area contributed by atoms with Crippen LogP contribution in [-0.2, 0) is 9.84 Å². The number of nitrogens with zero attached hydrogens (tertiary/aromatic N) is 3. The minimum Gasteiger partial charge on any atom is -0.497 e. The van der Waals surface area contributed by atoms with Gasteiger partial charge >= 0.3 is 0 Å². The van der Waals surface area contributed by atoms with Gasteiger partial charge in [-0.05, 0) is 44.2 Å². The molecule has 0 aliphatic heterocycles. The summed E-state index contributed by atoms with van der Waals surface area (Å²) in [7, 11) is -0.620. The van der Waals surface area contributed by atoms with Crippen LogP contribution >= 0.6 is 0 Å². The third kappa shape index (κ3) is 2.48. The molecule has 0 saturated carbocycles. The van der Waals surface area contributed by atoms with E-state index in [0.717, 1.165) is 11.4 Å². The van der Waals surface area contributed by atoms with Crippen molar-refractivity contribution < 1.29 is 13.2 Å². The highest BCUT2D eigenvalue weighted by Crippen LogP contribution is 2.31. The van der Waals surface area contributed by atoms with Crippen LogP contribution in [0.1, 0.15) is 11.4 Å². The molecule has 0 fully saturated rings. The van der Waals surface area contributed by atoms with Crippen LogP contribution in [-0.4, -0.2) is 37.2 Å². The van der Waals surface area contributed by atoms with Crippen molar-refractivity contribution in [3.8, 4) is 5.75 Å². The average Bonchev–Trinajstić information content (AvgIpc) is 2.94. The fraction of sp³-hybridized carbons (Fsp3) is 0.250. The minimum absolute atomic E-state index is 0.0713. The molecular formula is C16H18N4O3S. The fourth-order valence-electron chi connectivity index (χ4n) is 2.59. The van der Waals surface area contributed by atoms with Crippen molar-refractivity contribution in [2.24, 2.45) is 0 Å². The summed E-state index contributed by atoms with van der Waals surface area (Å²) in [6.07, 6.45) is 0. The summed E-state index contributed by atoms with van der Waals surface area (Å²) in [6, 6.07) is 8.10. The Hall–Kier alpha value is -2.61. The van der Waals surface area contributed by atoms with Crippen molar-refractivity contribution in [2.75, 3.05) is 19.5 Å². The molecule has 0 unspecified atom stereocenters. The third-order valence-corrected chi connectivity index (χ3v) is 5.53. The molecule has 0 bridgehead atoms. The second kappa shape index (κ2) is 5.79. The normalized spacial score (nSPS) is 11.7. The van der Waals surface area contributed by atoms with E-state index in [0.29, 0.717) is 11.4 Å². The Kier molecular flexibility index (Phi) is 3.92. The molecule has 3 rings (SSSR count). The Balaban J connectivity index is 2.30. The highest BCUT2D eigenvalue weighted by Gasteiger charge is 2.29. The number of hydrogen-bond acceptors (Lipinski definition) is 6. The van der Waals surface area contributed by atoms with E-state index in [2.05, 4.69) is 15.4 Å². The fourth-order valence-corrected chi connectivity index (χ4v) is 4.09. The summed E-state index contributed by atoms with van der Waals surface area (Å²) in [6.45, 7) is 3.68. The van der Waals surface area contributed by atoms with Crippen molar-refractivity contribution >= 4 is 21.3 Å². The van der Waals surface area contributed by atoms with Crippen LogP contribution < -0.4 is 10.1 Å². The van der Waals surface area contributed by atoms with Gasteiger partial charge < -0.3 is 10.1 Å². The molecule has 126 valence electrons. The van der Waals surface area contributed by atoms with E-state index < -0.39 is 9.84 Å². The van der Waals surface area contributed by atoms with Crippen molar-refractivity contribution in [3.05, 3.63) is 41.7 Å². The van der Waals surface area contributed by atoms with Crippen molar-refractivity contribution in [2.45, 2.75) is 23.6 Å². The molecule has 0 amide bonds. The molecule has 0 spiro atoms. The number of ether oxygens (including phenoxy) is 1. The molecule has 0 radical (unpaired) electrons. The Labute approximate surface area is 140 Å². The summed E-state index contributed by atoms with van der Waals surface area (Å²) in [4.78, 5) is 4.62. The molecule has 1 N–H and O–H groups in total. The molecule has 2 aromatic heterocycles. The van der Waals surface area contributed by atoms with Gasteiger partial charge in [-0.25, -0.2) is 17.9 Å². The first-order valence-corrected chi connectivity index (χ1v) is 8.80. The molecule has 8 heteroatoms. The number of sulfone groups is 1. The Morgan fingerprint density at radius 3 is 2.42 bits per heavy atom. The monoisotopic (exact) mass is 346 g/mol. The van der Waals surface area contributed by atoms with E-state index in [4.69, 9.17) is 4.74 Å². The first-order chi connectivity index (χ1) is 11.4. The van der Waals surface area contributed by atoms with Gasteiger partial charge in [-0.1, -0.05) is 0 Å². The topological polar surface area (TPSA) is 85.6 Å². The minimum atomic E-state index is -3.79. The first kappa shape index (κ1) is 16.3. The van der Waals surface area contributed by atoms with Crippen LogP contribution in [0.5, 0.6) is 5.75 Å². The lowest BCUT2D eigenvalue weighted by molar-refractivity contribution is 0.414. The van der Waals surface area contributed by atoms with Crippen molar-refractivity contribution in [1.82, 2.24) is 14.6 Å². The first-order valence-electron chi connectivity index (χ1n) is 7.32. The molecule has 0 atom stereocenters. The number of anilines is 1. The van der Waals surface area contributed by atoms with Crippen molar-refractivity contribution in [3.63, 3.8) is 0 Å². The number of nitrogens with one attached hydrogen (secondary N) is 1. The van der Waals surface area contributed by atoms with Crippen LogP contribution in [0.4, 0.5) is 5.82 Å². The number of benzene rings is 1. The summed E-state index contributed by atoms with van der Waals surface area (Å²) < 4.78 is 32.9. The number of hydrogen-bond donors (Lipinski definition) is 1. The summed E-state index contributed by atoms with van der Waals surface area (Å²) in [5.74, 6) is 0.861. The molecule has 3 aromatic rings. The second-order valence-electron chi connectivity index (χ2n) is 5.38. The zero-order valence-corrected chi connectivity index (χ0v) is 14.7. The molecule has 0 saturated heterocycles. The Morgan fingerprint density at radius 2 is 1.83 bits per heavy atom. The predicted molar refractivity (Wildman–Crippen MR) is 90.5 cm³/mol. The average molecular weight is 346 g/mol. The van der Waals surface area contributed by atoms with Crippen LogP contribution in [0.2, 0.25) is 0 Å². The SMILES string of the molecule is CNc1nn2c(C)cc(C)nc2c1S(=O)(=O)c1ccc(OC)cc1. The summed E-state index contributed by atoms with van der Waals surface area (Å²) in [5.41, 5.74) is 1.85. The molecule has 2 heterocycles. The number of fused-ring (bicyclic) bond motifs is 1. The lowest BCUT2D eigenvalue weighted by Gasteiger charge is -2.07. The lowest BCUT2D eigenvalue weighted by atomic mass is 10.3. The van der Waals surface area contributed by atoms with Crippen LogP contribution in [0.25, 0.3) is 5.65 Å². The predicted octanol–water partition coefficient (Wildman–Crippen LogP) is 2.23.